The first-order valence-electron chi connectivity index (χ1n) is 16.1. The van der Waals surface area contributed by atoms with Crippen LogP contribution in [0.4, 0.5) is 4.79 Å². The lowest BCUT2D eigenvalue weighted by Gasteiger charge is -2.22. The molecule has 0 saturated heterocycles. The van der Waals surface area contributed by atoms with Crippen LogP contribution < -0.4 is 0 Å². The molecule has 0 N–H and O–H groups in total. The lowest BCUT2D eigenvalue weighted by Crippen LogP contribution is -2.31. The van der Waals surface area contributed by atoms with Crippen LogP contribution in [0.15, 0.2) is 95.6 Å². The summed E-state index contributed by atoms with van der Waals surface area (Å²) < 4.78 is 25.1. The highest BCUT2D eigenvalue weighted by molar-refractivity contribution is 9.10. The maximum Gasteiger partial charge on any atom is 0.418 e. The molecule has 0 aliphatic heterocycles. The number of hydrogen-bond acceptors (Lipinski definition) is 8. The van der Waals surface area contributed by atoms with Gasteiger partial charge in [0.05, 0.1) is 19.8 Å². The second-order valence-electron chi connectivity index (χ2n) is 13.8. The lowest BCUT2D eigenvalue weighted by atomic mass is 9.85. The number of esters is 3. The molecule has 49 heavy (non-hydrogen) atoms. The monoisotopic (exact) mass is 725 g/mol. The van der Waals surface area contributed by atoms with Crippen LogP contribution in [0.1, 0.15) is 70.9 Å². The van der Waals surface area contributed by atoms with E-state index in [2.05, 4.69) is 15.9 Å². The van der Waals surface area contributed by atoms with Gasteiger partial charge >= 0.3 is 24.0 Å². The summed E-state index contributed by atoms with van der Waals surface area (Å²) in [4.78, 5) is 55.7. The third-order valence-corrected chi connectivity index (χ3v) is 10.8. The van der Waals surface area contributed by atoms with Crippen molar-refractivity contribution in [2.45, 2.75) is 55.6 Å². The third kappa shape index (κ3) is 4.86. The zero-order valence-electron chi connectivity index (χ0n) is 27.8. The fraction of sp³-hybridized carbons (Fsp3) is 0.333. The molecule has 0 radical (unpaired) electrons. The molecule has 0 unspecified atom stereocenters. The van der Waals surface area contributed by atoms with E-state index in [4.69, 9.17) is 18.9 Å². The number of carbonyl (C=O) groups is 4. The van der Waals surface area contributed by atoms with Crippen molar-refractivity contribution in [3.8, 4) is 0 Å². The van der Waals surface area contributed by atoms with Crippen LogP contribution in [0.25, 0.3) is 0 Å². The van der Waals surface area contributed by atoms with Gasteiger partial charge in [0.1, 0.15) is 23.0 Å². The Morgan fingerprint density at radius 2 is 1.27 bits per heavy atom. The summed E-state index contributed by atoms with van der Waals surface area (Å²) in [6.07, 6.45) is 0.984. The number of rotatable bonds is 7. The van der Waals surface area contributed by atoms with Crippen molar-refractivity contribution in [2.24, 2.45) is 11.8 Å². The molecule has 2 saturated carbocycles. The Morgan fingerprint density at radius 1 is 0.755 bits per heavy atom. The Bertz CT molecular complexity index is 1970. The van der Waals surface area contributed by atoms with E-state index in [9.17, 15) is 19.2 Å². The summed E-state index contributed by atoms with van der Waals surface area (Å²) >= 11 is 3.39. The first kappa shape index (κ1) is 32.8. The summed E-state index contributed by atoms with van der Waals surface area (Å²) in [6.45, 7) is 5.15. The molecule has 0 bridgehead atoms. The summed E-state index contributed by atoms with van der Waals surface area (Å²) in [5.41, 5.74) is 0.367. The predicted octanol–water partition coefficient (Wildman–Crippen LogP) is 7.05. The zero-order valence-corrected chi connectivity index (χ0v) is 29.4. The number of carbonyl (C=O) groups excluding carboxylic acids is 4. The number of ether oxygens (including phenoxy) is 4. The zero-order chi connectivity index (χ0) is 34.9. The van der Waals surface area contributed by atoms with E-state index in [1.54, 1.807) is 51.2 Å². The Labute approximate surface area is 292 Å². The molecule has 1 aromatic heterocycles. The minimum absolute atomic E-state index is 0.184. The van der Waals surface area contributed by atoms with E-state index >= 15 is 0 Å². The maximum atomic E-state index is 14.2. The van der Waals surface area contributed by atoms with Gasteiger partial charge in [-0.3, -0.25) is 14.2 Å². The number of benzene rings is 3. The molecule has 0 spiro atoms. The highest BCUT2D eigenvalue weighted by Gasteiger charge is 2.89. The van der Waals surface area contributed by atoms with E-state index in [1.165, 1.54) is 18.8 Å². The van der Waals surface area contributed by atoms with Crippen LogP contribution >= 0.6 is 15.9 Å². The van der Waals surface area contributed by atoms with Gasteiger partial charge in [-0.2, -0.15) is 0 Å². The fourth-order valence-electron chi connectivity index (χ4n) is 8.53. The van der Waals surface area contributed by atoms with Crippen LogP contribution in [0.5, 0.6) is 0 Å². The molecular formula is C39H36BrNO8. The van der Waals surface area contributed by atoms with Gasteiger partial charge in [-0.1, -0.05) is 76.6 Å². The molecule has 0 amide bonds. The minimum Gasteiger partial charge on any atom is -0.468 e. The molecule has 6 atom stereocenters. The largest absolute Gasteiger partial charge is 0.468 e. The highest BCUT2D eigenvalue weighted by atomic mass is 79.9. The van der Waals surface area contributed by atoms with Gasteiger partial charge in [0, 0.05) is 33.8 Å². The number of halogens is 1. The van der Waals surface area contributed by atoms with Gasteiger partial charge in [0.2, 0.25) is 0 Å². The average Bonchev–Trinajstić information content (AvgIpc) is 3.94. The molecule has 10 heteroatoms. The van der Waals surface area contributed by atoms with Crippen LogP contribution in [0, 0.1) is 11.8 Å². The molecule has 3 aliphatic carbocycles. The van der Waals surface area contributed by atoms with Gasteiger partial charge in [-0.25, -0.2) is 9.59 Å². The smallest absolute Gasteiger partial charge is 0.418 e. The highest BCUT2D eigenvalue weighted by Crippen LogP contribution is 2.86. The number of methoxy groups -OCH3 is 2. The fourth-order valence-corrected chi connectivity index (χ4v) is 8.79. The molecule has 2 fully saturated rings. The number of aromatic nitrogens is 1. The summed E-state index contributed by atoms with van der Waals surface area (Å²) in [6, 6.07) is 25.6. The van der Waals surface area contributed by atoms with Crippen LogP contribution in [0.3, 0.4) is 0 Å². The lowest BCUT2D eigenvalue weighted by molar-refractivity contribution is -0.146. The van der Waals surface area contributed by atoms with Crippen LogP contribution in [-0.4, -0.2) is 48.4 Å². The summed E-state index contributed by atoms with van der Waals surface area (Å²) in [7, 11) is 2.72. The van der Waals surface area contributed by atoms with Gasteiger partial charge in [0.25, 0.3) is 0 Å². The predicted molar refractivity (Wildman–Crippen MR) is 182 cm³/mol. The quantitative estimate of drug-likeness (QED) is 0.147. The van der Waals surface area contributed by atoms with Gasteiger partial charge in [-0.05, 0) is 73.6 Å². The number of nitrogens with zero attached hydrogens (tertiary/aromatic N) is 1. The molecule has 7 rings (SSSR count). The number of hydrogen-bond donors (Lipinski definition) is 0. The third-order valence-electron chi connectivity index (χ3n) is 10.3. The van der Waals surface area contributed by atoms with Crippen molar-refractivity contribution in [3.63, 3.8) is 0 Å². The van der Waals surface area contributed by atoms with Crippen LogP contribution in [-0.2, 0) is 46.0 Å². The summed E-state index contributed by atoms with van der Waals surface area (Å²) in [5.74, 6) is -3.32. The molecule has 1 heterocycles. The van der Waals surface area contributed by atoms with E-state index in [0.717, 1.165) is 15.6 Å². The molecule has 3 aromatic carbocycles. The van der Waals surface area contributed by atoms with Crippen LogP contribution in [0.2, 0.25) is 0 Å². The molecule has 252 valence electrons. The van der Waals surface area contributed by atoms with E-state index in [1.807, 2.05) is 60.7 Å². The SMILES string of the molecule is COC(=O)[C@@]1(c2ccccc2)[C@@H]2[C@@H]3[C@H](c4c(c(COC(=O)c5ccc(Br)cc5)cn4C(=O)OC(C)(C)C)[C@@H]21)[C@]3(C(=O)OC)c1ccccc1. The Kier molecular flexibility index (Phi) is 7.85. The second kappa shape index (κ2) is 11.7. The normalized spacial score (nSPS) is 25.9. The second-order valence-corrected chi connectivity index (χ2v) is 14.8. The molecular weight excluding hydrogens is 690 g/mol. The summed E-state index contributed by atoms with van der Waals surface area (Å²) in [5, 5.41) is 0. The van der Waals surface area contributed by atoms with E-state index in [0.29, 0.717) is 22.4 Å². The first-order chi connectivity index (χ1) is 23.4. The topological polar surface area (TPSA) is 110 Å². The molecule has 4 aromatic rings. The van der Waals surface area contributed by atoms with Gasteiger partial charge < -0.3 is 18.9 Å². The molecule has 3 aliphatic rings. The van der Waals surface area contributed by atoms with Crippen molar-refractivity contribution in [2.75, 3.05) is 14.2 Å². The first-order valence-corrected chi connectivity index (χ1v) is 16.9. The van der Waals surface area contributed by atoms with Crippen molar-refractivity contribution < 1.29 is 38.1 Å². The average molecular weight is 727 g/mol. The number of fused-ring (bicyclic) bond motifs is 6. The van der Waals surface area contributed by atoms with Crippen molar-refractivity contribution in [1.29, 1.82) is 0 Å². The molecule has 9 nitrogen and oxygen atoms in total. The minimum atomic E-state index is -1.21. The van der Waals surface area contributed by atoms with Gasteiger partial charge in [0.15, 0.2) is 0 Å². The van der Waals surface area contributed by atoms with E-state index in [-0.39, 0.29) is 6.61 Å². The maximum absolute atomic E-state index is 14.2. The van der Waals surface area contributed by atoms with Crippen molar-refractivity contribution >= 4 is 39.9 Å². The van der Waals surface area contributed by atoms with Crippen molar-refractivity contribution in [1.82, 2.24) is 4.57 Å². The Morgan fingerprint density at radius 3 is 1.78 bits per heavy atom. The Hall–Kier alpha value is -4.70. The Balaban J connectivity index is 1.47. The standard InChI is InChI=1S/C39H36BrNO8/c1-37(2,3)49-36(45)41-20-23(21-48-33(42)22-16-18-26(40)19-17-22)27-28-29(38(28,34(43)46-4)24-12-8-6-9-13-24)30-31(32(27)41)39(30,35(44)47-5)25-14-10-7-11-15-25/h6-20,28-31H,21H2,1-5H3/t28-,29-,30+,31+,38+,39-/m0/s1. The van der Waals surface area contributed by atoms with Crippen molar-refractivity contribution in [3.05, 3.63) is 129 Å². The van der Waals surface area contributed by atoms with Gasteiger partial charge in [-0.15, -0.1) is 0 Å². The van der Waals surface area contributed by atoms with E-state index < -0.39 is 64.1 Å².